The summed E-state index contributed by atoms with van der Waals surface area (Å²) in [5, 5.41) is 6.41. The number of hydrogen-bond acceptors (Lipinski definition) is 5. The van der Waals surface area contributed by atoms with Crippen LogP contribution in [0, 0.1) is 6.92 Å². The minimum atomic E-state index is -0.0763. The summed E-state index contributed by atoms with van der Waals surface area (Å²) in [7, 11) is 0. The van der Waals surface area contributed by atoms with E-state index < -0.39 is 0 Å². The SMILES string of the molecule is Cc1cccc(C(C)C)c1Nc1cc(C(=O)NCCN2CCOCC2)ccn1. The Morgan fingerprint density at radius 3 is 2.79 bits per heavy atom. The number of amides is 1. The quantitative estimate of drug-likeness (QED) is 0.769. The molecule has 6 nitrogen and oxygen atoms in total. The monoisotopic (exact) mass is 382 g/mol. The molecule has 1 fully saturated rings. The third kappa shape index (κ3) is 5.30. The first-order chi connectivity index (χ1) is 13.5. The third-order valence-corrected chi connectivity index (χ3v) is 5.02. The minimum Gasteiger partial charge on any atom is -0.379 e. The smallest absolute Gasteiger partial charge is 0.251 e. The predicted molar refractivity (Wildman–Crippen MR) is 112 cm³/mol. The van der Waals surface area contributed by atoms with Crippen LogP contribution < -0.4 is 10.6 Å². The van der Waals surface area contributed by atoms with E-state index in [1.54, 1.807) is 18.3 Å². The van der Waals surface area contributed by atoms with Crippen molar-refractivity contribution < 1.29 is 9.53 Å². The molecular formula is C22H30N4O2. The number of rotatable bonds is 7. The maximum atomic E-state index is 12.5. The molecule has 1 aliphatic heterocycles. The second-order valence-electron chi connectivity index (χ2n) is 7.46. The molecule has 2 aromatic rings. The van der Waals surface area contributed by atoms with E-state index in [2.05, 4.69) is 59.5 Å². The number of hydrogen-bond donors (Lipinski definition) is 2. The van der Waals surface area contributed by atoms with Gasteiger partial charge in [-0.3, -0.25) is 9.69 Å². The summed E-state index contributed by atoms with van der Waals surface area (Å²) in [4.78, 5) is 19.2. The van der Waals surface area contributed by atoms with E-state index in [0.717, 1.165) is 44.1 Å². The van der Waals surface area contributed by atoms with Crippen molar-refractivity contribution in [3.63, 3.8) is 0 Å². The van der Waals surface area contributed by atoms with E-state index in [1.807, 2.05) is 0 Å². The van der Waals surface area contributed by atoms with Crippen molar-refractivity contribution in [2.24, 2.45) is 0 Å². The average molecular weight is 383 g/mol. The van der Waals surface area contributed by atoms with Crippen LogP contribution in [0.15, 0.2) is 36.5 Å². The summed E-state index contributed by atoms with van der Waals surface area (Å²) in [6, 6.07) is 9.83. The number of pyridine rings is 1. The van der Waals surface area contributed by atoms with Crippen molar-refractivity contribution in [3.8, 4) is 0 Å². The van der Waals surface area contributed by atoms with Gasteiger partial charge in [0.05, 0.1) is 13.2 Å². The van der Waals surface area contributed by atoms with Crippen molar-refractivity contribution in [1.29, 1.82) is 0 Å². The predicted octanol–water partition coefficient (Wildman–Crippen LogP) is 3.32. The number of nitrogens with one attached hydrogen (secondary N) is 2. The van der Waals surface area contributed by atoms with Gasteiger partial charge in [-0.2, -0.15) is 0 Å². The Labute approximate surface area is 167 Å². The normalized spacial score (nSPS) is 14.9. The highest BCUT2D eigenvalue weighted by Gasteiger charge is 2.13. The van der Waals surface area contributed by atoms with Crippen LogP contribution in [0.1, 0.15) is 41.3 Å². The zero-order valence-electron chi connectivity index (χ0n) is 17.0. The van der Waals surface area contributed by atoms with Gasteiger partial charge in [0.25, 0.3) is 5.91 Å². The van der Waals surface area contributed by atoms with E-state index in [-0.39, 0.29) is 5.91 Å². The topological polar surface area (TPSA) is 66.5 Å². The first kappa shape index (κ1) is 20.3. The lowest BCUT2D eigenvalue weighted by atomic mass is 9.98. The van der Waals surface area contributed by atoms with E-state index in [4.69, 9.17) is 4.74 Å². The van der Waals surface area contributed by atoms with Crippen molar-refractivity contribution in [3.05, 3.63) is 53.2 Å². The molecule has 1 aromatic heterocycles. The van der Waals surface area contributed by atoms with Gasteiger partial charge in [0.1, 0.15) is 5.82 Å². The molecule has 2 N–H and O–H groups in total. The lowest BCUT2D eigenvalue weighted by Gasteiger charge is -2.26. The molecule has 0 unspecified atom stereocenters. The van der Waals surface area contributed by atoms with Gasteiger partial charge in [0.2, 0.25) is 0 Å². The molecule has 0 bridgehead atoms. The van der Waals surface area contributed by atoms with Crippen molar-refractivity contribution in [1.82, 2.24) is 15.2 Å². The number of aromatic nitrogens is 1. The maximum absolute atomic E-state index is 12.5. The zero-order chi connectivity index (χ0) is 19.9. The molecule has 0 radical (unpaired) electrons. The summed E-state index contributed by atoms with van der Waals surface area (Å²) < 4.78 is 5.35. The van der Waals surface area contributed by atoms with Gasteiger partial charge in [-0.25, -0.2) is 4.98 Å². The Morgan fingerprint density at radius 2 is 2.04 bits per heavy atom. The number of carbonyl (C=O) groups excluding carboxylic acids is 1. The fourth-order valence-electron chi connectivity index (χ4n) is 3.36. The molecule has 0 atom stereocenters. The van der Waals surface area contributed by atoms with Gasteiger partial charge >= 0.3 is 0 Å². The number of morpholine rings is 1. The number of anilines is 2. The van der Waals surface area contributed by atoms with Gasteiger partial charge < -0.3 is 15.4 Å². The molecule has 150 valence electrons. The Morgan fingerprint density at radius 1 is 1.25 bits per heavy atom. The molecule has 1 amide bonds. The summed E-state index contributed by atoms with van der Waals surface area (Å²) in [6.07, 6.45) is 1.67. The number of nitrogens with zero attached hydrogens (tertiary/aromatic N) is 2. The Balaban J connectivity index is 1.63. The average Bonchev–Trinajstić information content (AvgIpc) is 2.70. The molecule has 0 saturated carbocycles. The summed E-state index contributed by atoms with van der Waals surface area (Å²) in [6.45, 7) is 11.3. The van der Waals surface area contributed by atoms with Gasteiger partial charge in [-0.1, -0.05) is 32.0 Å². The first-order valence-electron chi connectivity index (χ1n) is 9.95. The minimum absolute atomic E-state index is 0.0763. The van der Waals surface area contributed by atoms with E-state index in [1.165, 1.54) is 5.56 Å². The largest absolute Gasteiger partial charge is 0.379 e. The van der Waals surface area contributed by atoms with Crippen LogP contribution in [0.2, 0.25) is 0 Å². The van der Waals surface area contributed by atoms with E-state index in [0.29, 0.717) is 23.8 Å². The molecule has 28 heavy (non-hydrogen) atoms. The molecule has 2 heterocycles. The standard InChI is InChI=1S/C22H30N4O2/c1-16(2)19-6-4-5-17(3)21(19)25-20-15-18(7-8-23-20)22(27)24-9-10-26-11-13-28-14-12-26/h4-8,15-16H,9-14H2,1-3H3,(H,23,25)(H,24,27). The number of ether oxygens (including phenoxy) is 1. The molecule has 1 saturated heterocycles. The number of aryl methyl sites for hydroxylation is 1. The fourth-order valence-corrected chi connectivity index (χ4v) is 3.36. The van der Waals surface area contributed by atoms with Gasteiger partial charge in [0.15, 0.2) is 0 Å². The zero-order valence-corrected chi connectivity index (χ0v) is 17.0. The first-order valence-corrected chi connectivity index (χ1v) is 9.95. The molecule has 0 spiro atoms. The van der Waals surface area contributed by atoms with E-state index >= 15 is 0 Å². The van der Waals surface area contributed by atoms with Crippen LogP contribution in [0.3, 0.4) is 0 Å². The summed E-state index contributed by atoms with van der Waals surface area (Å²) >= 11 is 0. The maximum Gasteiger partial charge on any atom is 0.251 e. The number of benzene rings is 1. The van der Waals surface area contributed by atoms with Crippen LogP contribution in [-0.4, -0.2) is 55.2 Å². The van der Waals surface area contributed by atoms with E-state index in [9.17, 15) is 4.79 Å². The van der Waals surface area contributed by atoms with Crippen LogP contribution in [0.5, 0.6) is 0 Å². The Kier molecular flexibility index (Phi) is 7.01. The van der Waals surface area contributed by atoms with Gasteiger partial charge in [0, 0.05) is 43.6 Å². The number of carbonyl (C=O) groups is 1. The Hall–Kier alpha value is -2.44. The highest BCUT2D eigenvalue weighted by molar-refractivity contribution is 5.95. The lowest BCUT2D eigenvalue weighted by Crippen LogP contribution is -2.41. The molecule has 6 heteroatoms. The summed E-state index contributed by atoms with van der Waals surface area (Å²) in [5.41, 5.74) is 4.07. The molecule has 1 aliphatic rings. The van der Waals surface area contributed by atoms with Crippen LogP contribution >= 0.6 is 0 Å². The van der Waals surface area contributed by atoms with Gasteiger partial charge in [-0.15, -0.1) is 0 Å². The lowest BCUT2D eigenvalue weighted by molar-refractivity contribution is 0.0383. The second kappa shape index (κ2) is 9.66. The van der Waals surface area contributed by atoms with Crippen LogP contribution in [0.4, 0.5) is 11.5 Å². The highest BCUT2D eigenvalue weighted by atomic mass is 16.5. The molecule has 3 rings (SSSR count). The second-order valence-corrected chi connectivity index (χ2v) is 7.46. The van der Waals surface area contributed by atoms with Crippen LogP contribution in [0.25, 0.3) is 0 Å². The molecule has 1 aromatic carbocycles. The molecule has 0 aliphatic carbocycles. The Bertz CT molecular complexity index is 801. The van der Waals surface area contributed by atoms with Crippen molar-refractivity contribution in [2.45, 2.75) is 26.7 Å². The van der Waals surface area contributed by atoms with Crippen molar-refractivity contribution >= 4 is 17.4 Å². The fraction of sp³-hybridized carbons (Fsp3) is 0.455. The molecular weight excluding hydrogens is 352 g/mol. The number of para-hydroxylation sites is 1. The van der Waals surface area contributed by atoms with Gasteiger partial charge in [-0.05, 0) is 36.1 Å². The van der Waals surface area contributed by atoms with Crippen LogP contribution in [-0.2, 0) is 4.74 Å². The third-order valence-electron chi connectivity index (χ3n) is 5.02. The summed E-state index contributed by atoms with van der Waals surface area (Å²) in [5.74, 6) is 0.999. The van der Waals surface area contributed by atoms with Crippen molar-refractivity contribution in [2.75, 3.05) is 44.7 Å². The highest BCUT2D eigenvalue weighted by Crippen LogP contribution is 2.29.